The molecule has 0 amide bonds. The van der Waals surface area contributed by atoms with Crippen molar-refractivity contribution >= 4 is 17.6 Å². The molecule has 0 unspecified atom stereocenters. The lowest BCUT2D eigenvalue weighted by atomic mass is 9.96. The Morgan fingerprint density at radius 2 is 1.62 bits per heavy atom. The molecule has 2 N–H and O–H groups in total. The number of nitro benzene ring substituents is 1. The summed E-state index contributed by atoms with van der Waals surface area (Å²) in [5.74, 6) is -2.25. The van der Waals surface area contributed by atoms with E-state index in [0.717, 1.165) is 0 Å². The van der Waals surface area contributed by atoms with E-state index >= 15 is 0 Å². The molecule has 0 saturated heterocycles. The number of carbonyl (C=O) groups is 2. The van der Waals surface area contributed by atoms with Gasteiger partial charge in [0, 0.05) is 17.7 Å². The molecule has 24 heavy (non-hydrogen) atoms. The van der Waals surface area contributed by atoms with Crippen LogP contribution >= 0.6 is 0 Å². The van der Waals surface area contributed by atoms with Crippen molar-refractivity contribution in [3.8, 4) is 11.5 Å². The summed E-state index contributed by atoms with van der Waals surface area (Å²) in [5, 5.41) is 29.2. The van der Waals surface area contributed by atoms with E-state index in [0.29, 0.717) is 0 Å². The SMILES string of the molecule is Cc1c(Oc2ccc([N+](=O)[O-])cc2)cc(C(=O)O)c(C)c1C(=O)O. The van der Waals surface area contributed by atoms with E-state index in [2.05, 4.69) is 0 Å². The van der Waals surface area contributed by atoms with E-state index < -0.39 is 16.9 Å². The van der Waals surface area contributed by atoms with Crippen molar-refractivity contribution in [1.82, 2.24) is 0 Å². The largest absolute Gasteiger partial charge is 0.478 e. The fraction of sp³-hybridized carbons (Fsp3) is 0.125. The molecule has 0 bridgehead atoms. The Morgan fingerprint density at radius 3 is 2.08 bits per heavy atom. The first-order chi connectivity index (χ1) is 11.2. The summed E-state index contributed by atoms with van der Waals surface area (Å²) in [7, 11) is 0. The van der Waals surface area contributed by atoms with Gasteiger partial charge in [-0.2, -0.15) is 0 Å². The summed E-state index contributed by atoms with van der Waals surface area (Å²) in [6.07, 6.45) is 0. The van der Waals surface area contributed by atoms with Gasteiger partial charge in [-0.05, 0) is 37.6 Å². The number of benzene rings is 2. The van der Waals surface area contributed by atoms with Gasteiger partial charge in [-0.3, -0.25) is 10.1 Å². The zero-order chi connectivity index (χ0) is 18.0. The van der Waals surface area contributed by atoms with Crippen LogP contribution in [-0.4, -0.2) is 27.1 Å². The Hall–Kier alpha value is -3.42. The number of non-ortho nitro benzene ring substituents is 1. The maximum Gasteiger partial charge on any atom is 0.336 e. The van der Waals surface area contributed by atoms with Gasteiger partial charge in [0.25, 0.3) is 5.69 Å². The lowest BCUT2D eigenvalue weighted by Crippen LogP contribution is -2.10. The van der Waals surface area contributed by atoms with Gasteiger partial charge in [0.2, 0.25) is 0 Å². The summed E-state index contributed by atoms with van der Waals surface area (Å²) in [5.41, 5.74) is -0.0611. The fourth-order valence-corrected chi connectivity index (χ4v) is 2.30. The molecule has 0 fully saturated rings. The lowest BCUT2D eigenvalue weighted by molar-refractivity contribution is -0.384. The van der Waals surface area contributed by atoms with Crippen LogP contribution in [0.5, 0.6) is 11.5 Å². The van der Waals surface area contributed by atoms with E-state index in [1.54, 1.807) is 0 Å². The molecular weight excluding hydrogens is 318 g/mol. The molecule has 2 aromatic carbocycles. The summed E-state index contributed by atoms with van der Waals surface area (Å²) >= 11 is 0. The molecule has 8 nitrogen and oxygen atoms in total. The second-order valence-corrected chi connectivity index (χ2v) is 5.01. The molecule has 0 saturated carbocycles. The van der Waals surface area contributed by atoms with Crippen molar-refractivity contribution in [3.05, 3.63) is 62.7 Å². The van der Waals surface area contributed by atoms with Crippen LogP contribution < -0.4 is 4.74 Å². The van der Waals surface area contributed by atoms with Gasteiger partial charge in [0.05, 0.1) is 16.1 Å². The zero-order valence-corrected chi connectivity index (χ0v) is 12.8. The minimum atomic E-state index is -1.27. The molecule has 0 spiro atoms. The average molecular weight is 331 g/mol. The highest BCUT2D eigenvalue weighted by molar-refractivity contribution is 5.98. The van der Waals surface area contributed by atoms with Gasteiger partial charge >= 0.3 is 11.9 Å². The van der Waals surface area contributed by atoms with Crippen LogP contribution in [0, 0.1) is 24.0 Å². The number of hydrogen-bond acceptors (Lipinski definition) is 5. The van der Waals surface area contributed by atoms with Crippen LogP contribution in [0.15, 0.2) is 30.3 Å². The maximum atomic E-state index is 11.4. The number of nitro groups is 1. The highest BCUT2D eigenvalue weighted by Gasteiger charge is 2.22. The number of hydrogen-bond donors (Lipinski definition) is 2. The van der Waals surface area contributed by atoms with E-state index in [1.165, 1.54) is 44.2 Å². The third kappa shape index (κ3) is 3.17. The van der Waals surface area contributed by atoms with Crippen molar-refractivity contribution in [1.29, 1.82) is 0 Å². The normalized spacial score (nSPS) is 10.2. The third-order valence-corrected chi connectivity index (χ3v) is 3.52. The van der Waals surface area contributed by atoms with Gasteiger partial charge in [-0.25, -0.2) is 9.59 Å². The predicted octanol–water partition coefficient (Wildman–Crippen LogP) is 3.40. The lowest BCUT2D eigenvalue weighted by Gasteiger charge is -2.15. The molecule has 2 aromatic rings. The second-order valence-electron chi connectivity index (χ2n) is 5.01. The first kappa shape index (κ1) is 16.9. The third-order valence-electron chi connectivity index (χ3n) is 3.52. The minimum Gasteiger partial charge on any atom is -0.478 e. The molecule has 0 aliphatic heterocycles. The smallest absolute Gasteiger partial charge is 0.336 e. The Morgan fingerprint density at radius 1 is 1.04 bits per heavy atom. The fourth-order valence-electron chi connectivity index (χ4n) is 2.30. The molecule has 2 rings (SSSR count). The van der Waals surface area contributed by atoms with Gasteiger partial charge in [0.15, 0.2) is 0 Å². The summed E-state index contributed by atoms with van der Waals surface area (Å²) in [4.78, 5) is 32.8. The molecule has 0 aromatic heterocycles. The Labute approximate surface area is 136 Å². The van der Waals surface area contributed by atoms with Gasteiger partial charge in [-0.15, -0.1) is 0 Å². The highest BCUT2D eigenvalue weighted by atomic mass is 16.6. The summed E-state index contributed by atoms with van der Waals surface area (Å²) in [6, 6.07) is 6.39. The van der Waals surface area contributed by atoms with E-state index in [1.807, 2.05) is 0 Å². The predicted molar refractivity (Wildman–Crippen MR) is 83.0 cm³/mol. The maximum absolute atomic E-state index is 11.4. The number of carboxylic acid groups (broad SMARTS) is 2. The first-order valence-electron chi connectivity index (χ1n) is 6.75. The molecule has 124 valence electrons. The monoisotopic (exact) mass is 331 g/mol. The van der Waals surface area contributed by atoms with Crippen molar-refractivity contribution in [2.24, 2.45) is 0 Å². The number of nitrogens with zero attached hydrogens (tertiary/aromatic N) is 1. The van der Waals surface area contributed by atoms with Gasteiger partial charge in [-0.1, -0.05) is 0 Å². The van der Waals surface area contributed by atoms with Crippen molar-refractivity contribution in [2.75, 3.05) is 0 Å². The Bertz CT molecular complexity index is 840. The topological polar surface area (TPSA) is 127 Å². The van der Waals surface area contributed by atoms with Crippen molar-refractivity contribution in [3.63, 3.8) is 0 Å². The van der Waals surface area contributed by atoms with Crippen LogP contribution in [0.1, 0.15) is 31.8 Å². The highest BCUT2D eigenvalue weighted by Crippen LogP contribution is 2.32. The van der Waals surface area contributed by atoms with Crippen LogP contribution in [0.2, 0.25) is 0 Å². The molecule has 8 heteroatoms. The minimum absolute atomic E-state index is 0.0595. The van der Waals surface area contributed by atoms with Gasteiger partial charge < -0.3 is 14.9 Å². The van der Waals surface area contributed by atoms with Crippen LogP contribution in [-0.2, 0) is 0 Å². The average Bonchev–Trinajstić information content (AvgIpc) is 2.50. The molecule has 0 heterocycles. The van der Waals surface area contributed by atoms with Gasteiger partial charge in [0.1, 0.15) is 11.5 Å². The number of aromatic carboxylic acids is 2. The van der Waals surface area contributed by atoms with Crippen molar-refractivity contribution < 1.29 is 29.5 Å². The summed E-state index contributed by atoms with van der Waals surface area (Å²) in [6.45, 7) is 2.92. The van der Waals surface area contributed by atoms with Crippen LogP contribution in [0.4, 0.5) is 5.69 Å². The van der Waals surface area contributed by atoms with Crippen LogP contribution in [0.25, 0.3) is 0 Å². The molecule has 0 aliphatic carbocycles. The van der Waals surface area contributed by atoms with E-state index in [9.17, 15) is 29.9 Å². The standard InChI is InChI=1S/C16H13NO7/c1-8-12(15(18)19)7-13(9(2)14(8)16(20)21)24-11-5-3-10(4-6-11)17(22)23/h3-7H,1-2H3,(H,18,19)(H,20,21). The molecule has 0 radical (unpaired) electrons. The number of ether oxygens (including phenoxy) is 1. The quantitative estimate of drug-likeness (QED) is 0.635. The van der Waals surface area contributed by atoms with E-state index in [4.69, 9.17) is 4.74 Å². The summed E-state index contributed by atoms with van der Waals surface area (Å²) < 4.78 is 5.53. The first-order valence-corrected chi connectivity index (χ1v) is 6.75. The van der Waals surface area contributed by atoms with E-state index in [-0.39, 0.29) is 39.4 Å². The molecular formula is C16H13NO7. The zero-order valence-electron chi connectivity index (χ0n) is 12.8. The number of carboxylic acids is 2. The number of rotatable bonds is 5. The van der Waals surface area contributed by atoms with Crippen LogP contribution in [0.3, 0.4) is 0 Å². The molecule has 0 aliphatic rings. The molecule has 0 atom stereocenters. The Balaban J connectivity index is 2.51. The Kier molecular flexibility index (Phi) is 4.50. The van der Waals surface area contributed by atoms with Crippen molar-refractivity contribution in [2.45, 2.75) is 13.8 Å². The second kappa shape index (κ2) is 6.37.